The Hall–Kier alpha value is -3.00. The molecule has 8 heteroatoms. The van der Waals surface area contributed by atoms with E-state index in [2.05, 4.69) is 10.6 Å². The maximum Gasteiger partial charge on any atom is 0.350 e. The molecule has 0 amide bonds. The van der Waals surface area contributed by atoms with E-state index in [9.17, 15) is 13.2 Å². The maximum atomic E-state index is 12.5. The number of hydrogen-bond acceptors (Lipinski definition) is 6. The Morgan fingerprint density at radius 1 is 1.03 bits per heavy atom. The Labute approximate surface area is 200 Å². The van der Waals surface area contributed by atoms with Crippen LogP contribution in [0.1, 0.15) is 44.1 Å². The predicted octanol–water partition coefficient (Wildman–Crippen LogP) is 4.87. The van der Waals surface area contributed by atoms with Crippen LogP contribution in [0.3, 0.4) is 0 Å². The molecule has 1 fully saturated rings. The van der Waals surface area contributed by atoms with Gasteiger partial charge >= 0.3 is 16.1 Å². The fraction of sp³-hybridized carbons (Fsp3) is 0.423. The van der Waals surface area contributed by atoms with Crippen LogP contribution in [-0.4, -0.2) is 37.9 Å². The highest BCUT2D eigenvalue weighted by Crippen LogP contribution is 2.34. The number of rotatable bonds is 9. The lowest BCUT2D eigenvalue weighted by atomic mass is 9.84. The lowest BCUT2D eigenvalue weighted by Gasteiger charge is -2.34. The van der Waals surface area contributed by atoms with Crippen molar-refractivity contribution in [1.82, 2.24) is 4.57 Å². The zero-order valence-electron chi connectivity index (χ0n) is 19.7. The summed E-state index contributed by atoms with van der Waals surface area (Å²) in [6, 6.07) is 15.2. The molecule has 3 aromatic rings. The zero-order chi connectivity index (χ0) is 24.2. The fourth-order valence-corrected chi connectivity index (χ4v) is 5.15. The van der Waals surface area contributed by atoms with Gasteiger partial charge in [-0.1, -0.05) is 18.6 Å². The van der Waals surface area contributed by atoms with Crippen LogP contribution in [0.2, 0.25) is 0 Å². The number of nitrogens with zero attached hydrogens (tertiary/aromatic N) is 1. The molecule has 0 radical (unpaired) electrons. The molecule has 0 saturated heterocycles. The van der Waals surface area contributed by atoms with Gasteiger partial charge in [0.25, 0.3) is 0 Å². The quantitative estimate of drug-likeness (QED) is 0.318. The standard InChI is InChI=1S/C26H31NO6S/c1-31-25(28)26(14-4-3-5-15-26)32-22-10-6-8-20(18-22)9-7-16-27-17-13-21-19-23(11-12-24(21)27)33-34(2,29)30/h6,8,10-13,17-19H,3-5,7,9,14-16H2,1-2H3. The predicted molar refractivity (Wildman–Crippen MR) is 131 cm³/mol. The summed E-state index contributed by atoms with van der Waals surface area (Å²) in [6.45, 7) is 0.812. The number of carbonyl (C=O) groups excluding carboxylic acids is 1. The third kappa shape index (κ3) is 5.73. The summed E-state index contributed by atoms with van der Waals surface area (Å²) in [7, 11) is -2.13. The third-order valence-electron chi connectivity index (χ3n) is 6.28. The SMILES string of the molecule is COC(=O)C1(Oc2cccc(CCCn3ccc4cc(OS(C)(=O)=O)ccc43)c2)CCCCC1. The molecule has 1 aromatic heterocycles. The van der Waals surface area contributed by atoms with Crippen LogP contribution in [-0.2, 0) is 32.6 Å². The fourth-order valence-electron chi connectivity index (χ4n) is 4.70. The first-order valence-electron chi connectivity index (χ1n) is 11.6. The number of aromatic nitrogens is 1. The minimum Gasteiger partial charge on any atom is -0.476 e. The molecule has 182 valence electrons. The van der Waals surface area contributed by atoms with E-state index in [0.29, 0.717) is 24.3 Å². The minimum absolute atomic E-state index is 0.290. The Morgan fingerprint density at radius 2 is 1.82 bits per heavy atom. The maximum absolute atomic E-state index is 12.5. The smallest absolute Gasteiger partial charge is 0.350 e. The molecule has 1 aliphatic carbocycles. The van der Waals surface area contributed by atoms with Crippen molar-refractivity contribution in [3.63, 3.8) is 0 Å². The molecule has 0 atom stereocenters. The van der Waals surface area contributed by atoms with Crippen LogP contribution in [0.4, 0.5) is 0 Å². The van der Waals surface area contributed by atoms with Gasteiger partial charge in [0.15, 0.2) is 0 Å². The van der Waals surface area contributed by atoms with Gasteiger partial charge in [-0.05, 0) is 80.5 Å². The summed E-state index contributed by atoms with van der Waals surface area (Å²) in [5.74, 6) is 0.726. The number of ether oxygens (including phenoxy) is 2. The molecule has 0 bridgehead atoms. The van der Waals surface area contributed by atoms with Crippen LogP contribution >= 0.6 is 0 Å². The topological polar surface area (TPSA) is 83.8 Å². The molecule has 0 aliphatic heterocycles. The first-order valence-corrected chi connectivity index (χ1v) is 13.4. The van der Waals surface area contributed by atoms with Gasteiger partial charge in [0, 0.05) is 23.6 Å². The highest BCUT2D eigenvalue weighted by atomic mass is 32.2. The van der Waals surface area contributed by atoms with Crippen molar-refractivity contribution in [2.45, 2.75) is 57.1 Å². The van der Waals surface area contributed by atoms with E-state index >= 15 is 0 Å². The Balaban J connectivity index is 1.39. The summed E-state index contributed by atoms with van der Waals surface area (Å²) >= 11 is 0. The second-order valence-corrected chi connectivity index (χ2v) is 10.5. The number of methoxy groups -OCH3 is 1. The van der Waals surface area contributed by atoms with Crippen molar-refractivity contribution in [3.8, 4) is 11.5 Å². The van der Waals surface area contributed by atoms with E-state index in [1.54, 1.807) is 12.1 Å². The molecule has 34 heavy (non-hydrogen) atoms. The van der Waals surface area contributed by atoms with Gasteiger partial charge in [-0.3, -0.25) is 0 Å². The summed E-state index contributed by atoms with van der Waals surface area (Å²) in [5.41, 5.74) is 1.29. The van der Waals surface area contributed by atoms with Gasteiger partial charge in [0.05, 0.1) is 13.4 Å². The second-order valence-electron chi connectivity index (χ2n) is 8.92. The van der Waals surface area contributed by atoms with Gasteiger partial charge in [-0.15, -0.1) is 0 Å². The molecule has 7 nitrogen and oxygen atoms in total. The Bertz CT molecular complexity index is 1260. The van der Waals surface area contributed by atoms with E-state index in [-0.39, 0.29) is 5.97 Å². The number of carbonyl (C=O) groups is 1. The van der Waals surface area contributed by atoms with Crippen LogP contribution in [0.25, 0.3) is 10.9 Å². The summed E-state index contributed by atoms with van der Waals surface area (Å²) in [5, 5.41) is 0.928. The number of benzene rings is 2. The Kier molecular flexibility index (Phi) is 7.16. The molecule has 1 aliphatic rings. The lowest BCUT2D eigenvalue weighted by Crippen LogP contribution is -2.47. The van der Waals surface area contributed by atoms with Crippen LogP contribution in [0, 0.1) is 0 Å². The van der Waals surface area contributed by atoms with Gasteiger partial charge in [-0.2, -0.15) is 8.42 Å². The first-order chi connectivity index (χ1) is 16.3. The van der Waals surface area contributed by atoms with E-state index in [0.717, 1.165) is 61.4 Å². The molecule has 2 aromatic carbocycles. The average Bonchev–Trinajstić information content (AvgIpc) is 3.20. The van der Waals surface area contributed by atoms with Crippen LogP contribution in [0.15, 0.2) is 54.7 Å². The van der Waals surface area contributed by atoms with Crippen LogP contribution < -0.4 is 8.92 Å². The first kappa shape index (κ1) is 24.1. The minimum atomic E-state index is -3.55. The Morgan fingerprint density at radius 3 is 2.56 bits per heavy atom. The van der Waals surface area contributed by atoms with Gasteiger partial charge < -0.3 is 18.2 Å². The monoisotopic (exact) mass is 485 g/mol. The molecule has 1 heterocycles. The largest absolute Gasteiger partial charge is 0.476 e. The van der Waals surface area contributed by atoms with E-state index in [1.165, 1.54) is 7.11 Å². The number of fused-ring (bicyclic) bond motifs is 1. The van der Waals surface area contributed by atoms with E-state index in [1.807, 2.05) is 36.5 Å². The molecule has 1 saturated carbocycles. The van der Waals surface area contributed by atoms with Gasteiger partial charge in [-0.25, -0.2) is 4.79 Å². The second kappa shape index (κ2) is 10.1. The molecule has 4 rings (SSSR count). The molecular formula is C26H31NO6S. The normalized spacial score (nSPS) is 15.7. The zero-order valence-corrected chi connectivity index (χ0v) is 20.5. The van der Waals surface area contributed by atoms with Crippen molar-refractivity contribution in [1.29, 1.82) is 0 Å². The molecule has 0 unspecified atom stereocenters. The van der Waals surface area contributed by atoms with Gasteiger partial charge in [0.2, 0.25) is 5.60 Å². The molecule has 0 spiro atoms. The van der Waals surface area contributed by atoms with E-state index < -0.39 is 15.7 Å². The third-order valence-corrected chi connectivity index (χ3v) is 6.78. The molecule has 0 N–H and O–H groups in total. The number of esters is 1. The average molecular weight is 486 g/mol. The summed E-state index contributed by atoms with van der Waals surface area (Å²) in [6.07, 6.45) is 9.20. The highest BCUT2D eigenvalue weighted by molar-refractivity contribution is 7.86. The lowest BCUT2D eigenvalue weighted by molar-refractivity contribution is -0.162. The van der Waals surface area contributed by atoms with Crippen molar-refractivity contribution in [3.05, 3.63) is 60.3 Å². The number of aryl methyl sites for hydroxylation is 2. The van der Waals surface area contributed by atoms with Crippen molar-refractivity contribution in [2.75, 3.05) is 13.4 Å². The molecular weight excluding hydrogens is 454 g/mol. The van der Waals surface area contributed by atoms with Crippen molar-refractivity contribution < 1.29 is 26.9 Å². The number of hydrogen-bond donors (Lipinski definition) is 0. The van der Waals surface area contributed by atoms with Crippen molar-refractivity contribution in [2.24, 2.45) is 0 Å². The summed E-state index contributed by atoms with van der Waals surface area (Å²) in [4.78, 5) is 12.5. The van der Waals surface area contributed by atoms with Crippen molar-refractivity contribution >= 4 is 27.0 Å². The summed E-state index contributed by atoms with van der Waals surface area (Å²) < 4.78 is 41.2. The van der Waals surface area contributed by atoms with Crippen LogP contribution in [0.5, 0.6) is 11.5 Å². The highest BCUT2D eigenvalue weighted by Gasteiger charge is 2.43. The van der Waals surface area contributed by atoms with Gasteiger partial charge in [0.1, 0.15) is 11.5 Å². The van der Waals surface area contributed by atoms with E-state index in [4.69, 9.17) is 13.7 Å².